The zero-order valence-corrected chi connectivity index (χ0v) is 22.8. The molecule has 1 aromatic heterocycles. The lowest BCUT2D eigenvalue weighted by Gasteiger charge is -2.29. The van der Waals surface area contributed by atoms with Gasteiger partial charge >= 0.3 is 12.1 Å². The molecule has 2 aromatic carbocycles. The van der Waals surface area contributed by atoms with Gasteiger partial charge in [0.05, 0.1) is 18.2 Å². The Labute approximate surface area is 225 Å². The van der Waals surface area contributed by atoms with Crippen LogP contribution < -0.4 is 0 Å². The number of hydrogen-bond donors (Lipinski definition) is 2. The van der Waals surface area contributed by atoms with E-state index >= 15 is 0 Å². The summed E-state index contributed by atoms with van der Waals surface area (Å²) in [4.78, 5) is 30.1. The van der Waals surface area contributed by atoms with Crippen LogP contribution in [0.15, 0.2) is 67.0 Å². The first-order chi connectivity index (χ1) is 17.9. The molecule has 7 heteroatoms. The number of pyridine rings is 1. The predicted molar refractivity (Wildman–Crippen MR) is 148 cm³/mol. The fourth-order valence-corrected chi connectivity index (χ4v) is 4.19. The average Bonchev–Trinajstić information content (AvgIpc) is 2.85. The van der Waals surface area contributed by atoms with Gasteiger partial charge in [-0.3, -0.25) is 4.98 Å². The second-order valence-electron chi connectivity index (χ2n) is 11.0. The van der Waals surface area contributed by atoms with Crippen molar-refractivity contribution in [3.63, 3.8) is 0 Å². The van der Waals surface area contributed by atoms with E-state index in [9.17, 15) is 19.8 Å². The molecule has 1 heterocycles. The maximum atomic E-state index is 12.9. The van der Waals surface area contributed by atoms with Crippen LogP contribution in [0.4, 0.5) is 4.79 Å². The van der Waals surface area contributed by atoms with Crippen molar-refractivity contribution in [1.82, 2.24) is 9.88 Å². The smallest absolute Gasteiger partial charge is 0.410 e. The molecule has 0 bridgehead atoms. The van der Waals surface area contributed by atoms with E-state index in [0.29, 0.717) is 36.4 Å². The summed E-state index contributed by atoms with van der Waals surface area (Å²) in [5.74, 6) is -0.568. The van der Waals surface area contributed by atoms with E-state index in [0.717, 1.165) is 22.3 Å². The van der Waals surface area contributed by atoms with Gasteiger partial charge in [0.2, 0.25) is 0 Å². The summed E-state index contributed by atoms with van der Waals surface area (Å²) in [6, 6.07) is 17.0. The molecule has 38 heavy (non-hydrogen) atoms. The molecule has 0 saturated heterocycles. The van der Waals surface area contributed by atoms with Crippen LogP contribution in [0.5, 0.6) is 0 Å². The molecule has 2 N–H and O–H groups in total. The number of ether oxygens (including phenoxy) is 1. The number of carboxylic acid groups (broad SMARTS) is 1. The maximum Gasteiger partial charge on any atom is 0.410 e. The highest BCUT2D eigenvalue weighted by molar-refractivity contribution is 5.90. The van der Waals surface area contributed by atoms with Crippen molar-refractivity contribution in [2.45, 2.75) is 59.2 Å². The van der Waals surface area contributed by atoms with Crippen molar-refractivity contribution in [2.75, 3.05) is 13.1 Å². The van der Waals surface area contributed by atoms with Crippen LogP contribution in [0.1, 0.15) is 67.8 Å². The van der Waals surface area contributed by atoms with Crippen LogP contribution >= 0.6 is 0 Å². The van der Waals surface area contributed by atoms with Crippen LogP contribution in [0.3, 0.4) is 0 Å². The zero-order valence-electron chi connectivity index (χ0n) is 22.8. The molecular weight excluding hydrogens is 480 g/mol. The lowest BCUT2D eigenvalue weighted by atomic mass is 9.93. The first kappa shape index (κ1) is 28.9. The highest BCUT2D eigenvalue weighted by atomic mass is 16.6. The topological polar surface area (TPSA) is 100.0 Å². The minimum Gasteiger partial charge on any atom is -0.478 e. The minimum atomic E-state index is -0.911. The van der Waals surface area contributed by atoms with Crippen molar-refractivity contribution in [3.8, 4) is 11.1 Å². The monoisotopic (exact) mass is 518 g/mol. The Morgan fingerprint density at radius 3 is 2.29 bits per heavy atom. The second-order valence-corrected chi connectivity index (χ2v) is 11.0. The molecule has 0 aliphatic heterocycles. The fraction of sp³-hybridized carbons (Fsp3) is 0.387. The summed E-state index contributed by atoms with van der Waals surface area (Å²) >= 11 is 0. The third-order valence-corrected chi connectivity index (χ3v) is 6.04. The summed E-state index contributed by atoms with van der Waals surface area (Å²) < 4.78 is 5.59. The molecule has 3 rings (SSSR count). The largest absolute Gasteiger partial charge is 0.478 e. The Kier molecular flexibility index (Phi) is 9.64. The number of carboxylic acids is 1. The zero-order chi connectivity index (χ0) is 27.9. The third-order valence-electron chi connectivity index (χ3n) is 6.04. The van der Waals surface area contributed by atoms with Gasteiger partial charge in [-0.25, -0.2) is 9.59 Å². The van der Waals surface area contributed by atoms with Crippen molar-refractivity contribution in [3.05, 3.63) is 89.2 Å². The first-order valence-corrected chi connectivity index (χ1v) is 12.9. The number of aromatic nitrogens is 1. The summed E-state index contributed by atoms with van der Waals surface area (Å²) in [5, 5.41) is 20.2. The van der Waals surface area contributed by atoms with Crippen LogP contribution in [0, 0.1) is 5.92 Å². The van der Waals surface area contributed by atoms with E-state index in [2.05, 4.69) is 18.8 Å². The van der Waals surface area contributed by atoms with Gasteiger partial charge in [0.1, 0.15) is 5.60 Å². The molecule has 0 saturated carbocycles. The molecule has 1 atom stereocenters. The molecule has 0 aliphatic carbocycles. The van der Waals surface area contributed by atoms with Gasteiger partial charge in [-0.15, -0.1) is 0 Å². The van der Waals surface area contributed by atoms with E-state index in [4.69, 9.17) is 4.74 Å². The Morgan fingerprint density at radius 2 is 1.71 bits per heavy atom. The number of amides is 1. The van der Waals surface area contributed by atoms with Gasteiger partial charge in [-0.1, -0.05) is 56.3 Å². The molecule has 0 spiro atoms. The van der Waals surface area contributed by atoms with Gasteiger partial charge in [0.15, 0.2) is 0 Å². The van der Waals surface area contributed by atoms with Gasteiger partial charge in [-0.2, -0.15) is 0 Å². The second kappa shape index (κ2) is 12.7. The Hall–Kier alpha value is -3.71. The van der Waals surface area contributed by atoms with E-state index < -0.39 is 23.8 Å². The predicted octanol–water partition coefficient (Wildman–Crippen LogP) is 6.16. The normalized spacial score (nSPS) is 12.3. The third kappa shape index (κ3) is 8.42. The lowest BCUT2D eigenvalue weighted by Crippen LogP contribution is -2.40. The molecule has 0 fully saturated rings. The minimum absolute atomic E-state index is 0.0905. The molecule has 1 amide bonds. The van der Waals surface area contributed by atoms with Crippen LogP contribution in [-0.4, -0.2) is 50.9 Å². The highest BCUT2D eigenvalue weighted by Gasteiger charge is 2.24. The molecule has 202 valence electrons. The van der Waals surface area contributed by atoms with Gasteiger partial charge < -0.3 is 19.8 Å². The summed E-state index contributed by atoms with van der Waals surface area (Å²) in [5.41, 5.74) is 4.14. The van der Waals surface area contributed by atoms with Crippen LogP contribution in [0.2, 0.25) is 0 Å². The highest BCUT2D eigenvalue weighted by Crippen LogP contribution is 2.25. The number of aliphatic hydroxyl groups excluding tert-OH is 1. The molecular formula is C31H38N2O5. The van der Waals surface area contributed by atoms with E-state index in [1.807, 2.05) is 57.2 Å². The maximum absolute atomic E-state index is 12.9. The summed E-state index contributed by atoms with van der Waals surface area (Å²) in [6.07, 6.45) is 3.14. The number of carbonyl (C=O) groups excluding carboxylic acids is 1. The average molecular weight is 519 g/mol. The molecule has 0 unspecified atom stereocenters. The molecule has 3 aromatic rings. The summed E-state index contributed by atoms with van der Waals surface area (Å²) in [7, 11) is 0. The fourth-order valence-electron chi connectivity index (χ4n) is 4.19. The molecule has 0 radical (unpaired) electrons. The molecule has 0 aliphatic rings. The van der Waals surface area contributed by atoms with Crippen LogP contribution in [0.25, 0.3) is 11.1 Å². The van der Waals surface area contributed by atoms with E-state index in [1.54, 1.807) is 30.6 Å². The standard InChI is InChI=1S/C31H38N2O5/c1-21(2)17-26-18-24(12-13-27(26)29(35)36)23-10-8-22(9-11-23)14-16-33(30(37)38-31(3,4)5)20-28(34)25-7-6-15-32-19-25/h6-13,15,18-19,21,28,34H,14,16-17,20H2,1-5H3,(H,35,36)/t28-/m1/s1. The number of hydrogen-bond acceptors (Lipinski definition) is 5. The Bertz CT molecular complexity index is 1220. The van der Waals surface area contributed by atoms with E-state index in [1.165, 1.54) is 4.90 Å². The van der Waals surface area contributed by atoms with Gasteiger partial charge in [0.25, 0.3) is 0 Å². The van der Waals surface area contributed by atoms with Crippen molar-refractivity contribution >= 4 is 12.1 Å². The van der Waals surface area contributed by atoms with Crippen LogP contribution in [-0.2, 0) is 17.6 Å². The number of carbonyl (C=O) groups is 2. The Morgan fingerprint density at radius 1 is 1.03 bits per heavy atom. The Balaban J connectivity index is 1.74. The number of aromatic carboxylic acids is 1. The van der Waals surface area contributed by atoms with Crippen molar-refractivity contribution < 1.29 is 24.5 Å². The first-order valence-electron chi connectivity index (χ1n) is 12.9. The van der Waals surface area contributed by atoms with E-state index in [-0.39, 0.29) is 6.54 Å². The van der Waals surface area contributed by atoms with Gasteiger partial charge in [-0.05, 0) is 73.9 Å². The van der Waals surface area contributed by atoms with Crippen molar-refractivity contribution in [2.24, 2.45) is 5.92 Å². The number of aliphatic hydroxyl groups is 1. The van der Waals surface area contributed by atoms with Gasteiger partial charge in [0, 0.05) is 24.5 Å². The number of nitrogens with zero attached hydrogens (tertiary/aromatic N) is 2. The quantitative estimate of drug-likeness (QED) is 0.333. The molecule has 7 nitrogen and oxygen atoms in total. The van der Waals surface area contributed by atoms with Crippen molar-refractivity contribution in [1.29, 1.82) is 0 Å². The SMILES string of the molecule is CC(C)Cc1cc(-c2ccc(CCN(C[C@@H](O)c3cccnc3)C(=O)OC(C)(C)C)cc2)ccc1C(=O)O. The number of rotatable bonds is 10. The number of benzene rings is 2. The lowest BCUT2D eigenvalue weighted by molar-refractivity contribution is 0.0146. The summed E-state index contributed by atoms with van der Waals surface area (Å²) in [6.45, 7) is 10.1.